The first-order chi connectivity index (χ1) is 8.92. The van der Waals surface area contributed by atoms with Crippen molar-refractivity contribution in [3.8, 4) is 0 Å². The third-order valence-electron chi connectivity index (χ3n) is 3.03. The first kappa shape index (κ1) is 17.4. The summed E-state index contributed by atoms with van der Waals surface area (Å²) in [6.07, 6.45) is 0. The molecule has 1 aromatic carbocycles. The third-order valence-corrected chi connectivity index (χ3v) is 6.38. The molecular weight excluding hydrogens is 264 g/mol. The Bertz CT molecular complexity index is 397. The fourth-order valence-electron chi connectivity index (χ4n) is 1.96. The predicted octanol–water partition coefficient (Wildman–Crippen LogP) is 4.35. The van der Waals surface area contributed by atoms with Gasteiger partial charge in [0, 0.05) is 16.2 Å². The molecule has 0 aliphatic rings. The Morgan fingerprint density at radius 1 is 0.700 bits per heavy atom. The van der Waals surface area contributed by atoms with Crippen molar-refractivity contribution in [1.82, 2.24) is 0 Å². The average molecular weight is 295 g/mol. The first-order valence-electron chi connectivity index (χ1n) is 7.33. The minimum Gasteiger partial charge on any atom is -0.391 e. The molecule has 0 unspecified atom stereocenters. The van der Waals surface area contributed by atoms with Gasteiger partial charge < -0.3 is 8.85 Å². The van der Waals surface area contributed by atoms with Crippen LogP contribution in [0.25, 0.3) is 0 Å². The third kappa shape index (κ3) is 5.39. The molecule has 0 N–H and O–H groups in total. The second-order valence-corrected chi connectivity index (χ2v) is 10.5. The van der Waals surface area contributed by atoms with Gasteiger partial charge in [-0.1, -0.05) is 44.2 Å². The average Bonchev–Trinajstić information content (AvgIpc) is 2.25. The Kier molecular flexibility index (Phi) is 5.22. The largest absolute Gasteiger partial charge is 0.391 e. The molecule has 20 heavy (non-hydrogen) atoms. The molecule has 1 aromatic rings. The minimum atomic E-state index is -1.92. The highest BCUT2D eigenvalue weighted by molar-refractivity contribution is 6.48. The van der Waals surface area contributed by atoms with Crippen LogP contribution in [0.5, 0.6) is 0 Å². The first-order valence-corrected chi connectivity index (χ1v) is 8.85. The van der Waals surface area contributed by atoms with Crippen molar-refractivity contribution in [1.29, 1.82) is 0 Å². The molecule has 1 rings (SSSR count). The molecule has 0 spiro atoms. The van der Waals surface area contributed by atoms with Gasteiger partial charge in [-0.05, 0) is 47.1 Å². The van der Waals surface area contributed by atoms with Crippen LogP contribution >= 0.6 is 0 Å². The maximum atomic E-state index is 6.35. The van der Waals surface area contributed by atoms with Crippen molar-refractivity contribution in [3.63, 3.8) is 0 Å². The molecule has 0 radical (unpaired) electrons. The molecule has 0 aliphatic heterocycles. The van der Waals surface area contributed by atoms with Gasteiger partial charge in [0.15, 0.2) is 0 Å². The van der Waals surface area contributed by atoms with Crippen LogP contribution < -0.4 is 0 Å². The summed E-state index contributed by atoms with van der Waals surface area (Å²) in [5.74, 6) is 0. The SMILES string of the molecule is CC(C)(C)O[SiH](OC(C)(C)C)C(C)(C)c1ccccc1. The molecule has 0 atom stereocenters. The van der Waals surface area contributed by atoms with Gasteiger partial charge in [-0.15, -0.1) is 0 Å². The number of hydrogen-bond donors (Lipinski definition) is 0. The summed E-state index contributed by atoms with van der Waals surface area (Å²) in [6.45, 7) is 17.0. The van der Waals surface area contributed by atoms with E-state index >= 15 is 0 Å². The van der Waals surface area contributed by atoms with Gasteiger partial charge in [-0.3, -0.25) is 0 Å². The summed E-state index contributed by atoms with van der Waals surface area (Å²) in [6, 6.07) is 10.5. The lowest BCUT2D eigenvalue weighted by Gasteiger charge is -2.40. The zero-order valence-corrected chi connectivity index (χ0v) is 15.4. The van der Waals surface area contributed by atoms with Crippen molar-refractivity contribution in [2.24, 2.45) is 0 Å². The fraction of sp³-hybridized carbons (Fsp3) is 0.647. The highest BCUT2D eigenvalue weighted by Gasteiger charge is 2.41. The molecule has 0 bridgehead atoms. The molecule has 0 aliphatic carbocycles. The van der Waals surface area contributed by atoms with Gasteiger partial charge in [0.25, 0.3) is 0 Å². The van der Waals surface area contributed by atoms with E-state index in [4.69, 9.17) is 8.85 Å². The minimum absolute atomic E-state index is 0.0815. The van der Waals surface area contributed by atoms with Crippen LogP contribution in [0.1, 0.15) is 61.0 Å². The quantitative estimate of drug-likeness (QED) is 0.768. The molecule has 0 heterocycles. The lowest BCUT2D eigenvalue weighted by Crippen LogP contribution is -2.50. The number of rotatable bonds is 4. The van der Waals surface area contributed by atoms with E-state index in [0.29, 0.717) is 0 Å². The Morgan fingerprint density at radius 2 is 1.10 bits per heavy atom. The zero-order chi connectivity index (χ0) is 15.6. The van der Waals surface area contributed by atoms with E-state index in [1.165, 1.54) is 5.56 Å². The molecule has 0 aromatic heterocycles. The predicted molar refractivity (Wildman–Crippen MR) is 88.3 cm³/mol. The Balaban J connectivity index is 3.08. The Labute approximate surface area is 126 Å². The summed E-state index contributed by atoms with van der Waals surface area (Å²) in [4.78, 5) is 0. The number of benzene rings is 1. The van der Waals surface area contributed by atoms with Crippen molar-refractivity contribution in [2.75, 3.05) is 0 Å². The smallest absolute Gasteiger partial charge is 0.332 e. The van der Waals surface area contributed by atoms with Crippen LogP contribution in [0.15, 0.2) is 30.3 Å². The van der Waals surface area contributed by atoms with Gasteiger partial charge in [0.05, 0.1) is 0 Å². The normalized spacial score (nSPS) is 13.8. The Hall–Kier alpha value is -0.643. The molecule has 3 heteroatoms. The fourth-order valence-corrected chi connectivity index (χ4v) is 4.35. The molecule has 114 valence electrons. The lowest BCUT2D eigenvalue weighted by molar-refractivity contribution is 0.0230. The van der Waals surface area contributed by atoms with E-state index in [9.17, 15) is 0 Å². The molecule has 0 amide bonds. The van der Waals surface area contributed by atoms with Crippen molar-refractivity contribution >= 4 is 9.28 Å². The maximum Gasteiger partial charge on any atom is 0.332 e. The molecule has 2 nitrogen and oxygen atoms in total. The van der Waals surface area contributed by atoms with Crippen LogP contribution in [0.4, 0.5) is 0 Å². The Morgan fingerprint density at radius 3 is 1.45 bits per heavy atom. The lowest BCUT2D eigenvalue weighted by atomic mass is 10.0. The summed E-state index contributed by atoms with van der Waals surface area (Å²) in [7, 11) is -1.92. The van der Waals surface area contributed by atoms with Crippen LogP contribution in [0, 0.1) is 0 Å². The monoisotopic (exact) mass is 294 g/mol. The van der Waals surface area contributed by atoms with E-state index in [1.54, 1.807) is 0 Å². The van der Waals surface area contributed by atoms with Gasteiger partial charge in [-0.2, -0.15) is 0 Å². The van der Waals surface area contributed by atoms with E-state index < -0.39 is 9.28 Å². The molecular formula is C17H30O2Si. The summed E-state index contributed by atoms with van der Waals surface area (Å²) in [5, 5.41) is -0.0815. The van der Waals surface area contributed by atoms with Crippen molar-refractivity contribution in [3.05, 3.63) is 35.9 Å². The van der Waals surface area contributed by atoms with E-state index in [2.05, 4.69) is 79.7 Å². The second-order valence-electron chi connectivity index (χ2n) is 7.88. The van der Waals surface area contributed by atoms with E-state index in [-0.39, 0.29) is 16.2 Å². The van der Waals surface area contributed by atoms with Gasteiger partial charge in [0.2, 0.25) is 0 Å². The second kappa shape index (κ2) is 6.00. The zero-order valence-electron chi connectivity index (χ0n) is 14.3. The van der Waals surface area contributed by atoms with Crippen LogP contribution in [0.3, 0.4) is 0 Å². The number of hydrogen-bond acceptors (Lipinski definition) is 2. The highest BCUT2D eigenvalue weighted by Crippen LogP contribution is 2.31. The van der Waals surface area contributed by atoms with Gasteiger partial charge >= 0.3 is 9.28 Å². The standard InChI is InChI=1S/C17H30O2Si/c1-15(2,3)18-20(19-16(4,5)6)17(7,8)14-12-10-9-11-13-14/h9-13,20H,1-8H3. The van der Waals surface area contributed by atoms with Crippen LogP contribution in [-0.2, 0) is 13.9 Å². The van der Waals surface area contributed by atoms with Crippen LogP contribution in [-0.4, -0.2) is 20.5 Å². The van der Waals surface area contributed by atoms with Crippen LogP contribution in [0.2, 0.25) is 0 Å². The van der Waals surface area contributed by atoms with Gasteiger partial charge in [-0.25, -0.2) is 0 Å². The summed E-state index contributed by atoms with van der Waals surface area (Å²) in [5.41, 5.74) is 0.910. The van der Waals surface area contributed by atoms with E-state index in [1.807, 2.05) is 6.07 Å². The topological polar surface area (TPSA) is 18.5 Å². The molecule has 0 saturated heterocycles. The maximum absolute atomic E-state index is 6.35. The van der Waals surface area contributed by atoms with Crippen molar-refractivity contribution < 1.29 is 8.85 Å². The summed E-state index contributed by atoms with van der Waals surface area (Å²) >= 11 is 0. The molecule has 0 saturated carbocycles. The van der Waals surface area contributed by atoms with Gasteiger partial charge in [0.1, 0.15) is 0 Å². The molecule has 0 fully saturated rings. The van der Waals surface area contributed by atoms with Crippen molar-refractivity contribution in [2.45, 2.75) is 71.6 Å². The summed E-state index contributed by atoms with van der Waals surface area (Å²) < 4.78 is 12.7. The highest BCUT2D eigenvalue weighted by atomic mass is 28.3. The van der Waals surface area contributed by atoms with E-state index in [0.717, 1.165) is 0 Å².